The maximum absolute atomic E-state index is 15.1. The number of phosphoric ester groups is 1. The predicted molar refractivity (Wildman–Crippen MR) is 296 cm³/mol. The SMILES string of the molecule is CCCCCCCCCCCCCC(=O)O[C@H](CCCCCCCCCCC)CCO[C@H]1[C@H](OP(=O)(Oc2ccccc2)Oc2ccccc2)[C@@H](COC(=O)OCc2ccccc2)OC(O)[C@@H]1NC(=O)OCC(Cl)(Cl)Cl. The maximum Gasteiger partial charge on any atom is 0.588 e. The summed E-state index contributed by atoms with van der Waals surface area (Å²) in [6.07, 6.45) is 14.5. The maximum atomic E-state index is 15.1. The summed E-state index contributed by atoms with van der Waals surface area (Å²) in [6.45, 7) is 2.87. The van der Waals surface area contributed by atoms with Gasteiger partial charge in [0.25, 0.3) is 0 Å². The van der Waals surface area contributed by atoms with E-state index in [1.807, 2.05) is 6.07 Å². The lowest BCUT2D eigenvalue weighted by Crippen LogP contribution is -2.65. The molecule has 76 heavy (non-hydrogen) atoms. The van der Waals surface area contributed by atoms with Gasteiger partial charge in [0.15, 0.2) is 6.29 Å². The highest BCUT2D eigenvalue weighted by molar-refractivity contribution is 7.49. The number of benzene rings is 3. The number of ether oxygens (including phenoxy) is 6. The molecule has 6 atom stereocenters. The number of hydrogen-bond acceptors (Lipinski definition) is 14. The Morgan fingerprint density at radius 2 is 1.14 bits per heavy atom. The van der Waals surface area contributed by atoms with Crippen LogP contribution in [0.4, 0.5) is 9.59 Å². The Balaban J connectivity index is 1.59. The smallest absolute Gasteiger partial charge is 0.462 e. The molecule has 3 aromatic rings. The van der Waals surface area contributed by atoms with E-state index in [4.69, 9.17) is 76.8 Å². The Bertz CT molecular complexity index is 2010. The van der Waals surface area contributed by atoms with Crippen molar-refractivity contribution in [3.05, 3.63) is 96.6 Å². The molecule has 1 saturated heterocycles. The van der Waals surface area contributed by atoms with Gasteiger partial charge in [-0.05, 0) is 49.1 Å². The van der Waals surface area contributed by atoms with Gasteiger partial charge in [-0.2, -0.15) is 0 Å². The quantitative estimate of drug-likeness (QED) is 0.0181. The third-order valence-electron chi connectivity index (χ3n) is 12.7. The highest BCUT2D eigenvalue weighted by atomic mass is 35.6. The Morgan fingerprint density at radius 3 is 1.67 bits per heavy atom. The third-order valence-corrected chi connectivity index (χ3v) is 14.4. The molecule has 0 aromatic heterocycles. The normalized spacial score (nSPS) is 18.1. The van der Waals surface area contributed by atoms with Gasteiger partial charge in [0.05, 0.1) is 6.61 Å². The van der Waals surface area contributed by atoms with Crippen LogP contribution in [0.2, 0.25) is 0 Å². The molecule has 1 amide bonds. The molecule has 0 radical (unpaired) electrons. The molecular formula is C57H83Cl3NO14P. The van der Waals surface area contributed by atoms with Gasteiger partial charge in [-0.3, -0.25) is 9.32 Å². The number of para-hydroxylation sites is 2. The van der Waals surface area contributed by atoms with E-state index in [1.165, 1.54) is 77.0 Å². The Morgan fingerprint density at radius 1 is 0.645 bits per heavy atom. The van der Waals surface area contributed by atoms with Crippen molar-refractivity contribution in [2.75, 3.05) is 19.8 Å². The van der Waals surface area contributed by atoms with Gasteiger partial charge in [-0.1, -0.05) is 231 Å². The second-order valence-corrected chi connectivity index (χ2v) is 23.2. The number of halogens is 3. The molecule has 0 aliphatic carbocycles. The molecule has 15 nitrogen and oxygen atoms in total. The van der Waals surface area contributed by atoms with E-state index in [1.54, 1.807) is 84.9 Å². The number of unbranched alkanes of at least 4 members (excludes halogenated alkanes) is 18. The number of aliphatic hydroxyl groups is 1. The minimum Gasteiger partial charge on any atom is -0.462 e. The van der Waals surface area contributed by atoms with Crippen molar-refractivity contribution in [1.82, 2.24) is 5.32 Å². The Labute approximate surface area is 466 Å². The van der Waals surface area contributed by atoms with E-state index in [9.17, 15) is 19.5 Å². The zero-order valence-electron chi connectivity index (χ0n) is 44.6. The molecule has 19 heteroatoms. The summed E-state index contributed by atoms with van der Waals surface area (Å²) >= 11 is 17.7. The summed E-state index contributed by atoms with van der Waals surface area (Å²) in [5.74, 6) is -0.0932. The van der Waals surface area contributed by atoms with Gasteiger partial charge in [0.1, 0.15) is 61.8 Å². The van der Waals surface area contributed by atoms with Gasteiger partial charge in [0, 0.05) is 12.8 Å². The first-order valence-corrected chi connectivity index (χ1v) is 30.1. The molecule has 0 spiro atoms. The summed E-state index contributed by atoms with van der Waals surface area (Å²) in [6, 6.07) is 23.7. The molecule has 1 aliphatic rings. The summed E-state index contributed by atoms with van der Waals surface area (Å²) in [5, 5.41) is 14.2. The monoisotopic (exact) mass is 1140 g/mol. The standard InChI is InChI=1S/C57H83Cl3NO14P/c1-3-5-7-9-11-13-14-16-18-20-31-39-50(62)71-46(34-26-19-17-15-12-10-8-6-4-2)40-41-67-53-51(61-55(64)70-44-57(58,59)60)54(63)72-49(43-69-56(65)68-42-45-32-24-21-25-33-45)52(53)75-76(66,73-47-35-27-22-28-36-47)74-48-37-29-23-30-38-48/h21-25,27-30,32-33,35-38,46,49,51-54,63H,3-20,26,31,34,39-44H2,1-2H3,(H,61,64)/t46-,49-,51-,52-,53-,54?/m1/s1. The van der Waals surface area contributed by atoms with Crippen LogP contribution in [0.15, 0.2) is 91.0 Å². The number of esters is 1. The largest absolute Gasteiger partial charge is 0.588 e. The lowest BCUT2D eigenvalue weighted by Gasteiger charge is -2.44. The Kier molecular flexibility index (Phi) is 32.3. The number of rotatable bonds is 39. The fourth-order valence-electron chi connectivity index (χ4n) is 8.66. The van der Waals surface area contributed by atoms with E-state index in [0.29, 0.717) is 12.0 Å². The number of alkyl carbamates (subject to hydrolysis) is 1. The number of phosphoric acid groups is 1. The number of carbonyl (C=O) groups excluding carboxylic acids is 3. The van der Waals surface area contributed by atoms with Crippen LogP contribution in [0.3, 0.4) is 0 Å². The molecule has 426 valence electrons. The molecule has 3 aromatic carbocycles. The van der Waals surface area contributed by atoms with Crippen LogP contribution in [0.5, 0.6) is 11.5 Å². The highest BCUT2D eigenvalue weighted by Crippen LogP contribution is 2.52. The van der Waals surface area contributed by atoms with Gasteiger partial charge in [-0.15, -0.1) is 0 Å². The number of alkyl halides is 3. The fourth-order valence-corrected chi connectivity index (χ4v) is 10.3. The molecule has 4 rings (SSSR count). The van der Waals surface area contributed by atoms with Crippen molar-refractivity contribution in [2.45, 2.75) is 209 Å². The predicted octanol–water partition coefficient (Wildman–Crippen LogP) is 15.5. The number of amides is 1. The first-order valence-electron chi connectivity index (χ1n) is 27.5. The first-order chi connectivity index (χ1) is 36.8. The van der Waals surface area contributed by atoms with Crippen molar-refractivity contribution < 1.29 is 66.0 Å². The van der Waals surface area contributed by atoms with E-state index in [2.05, 4.69) is 19.2 Å². The van der Waals surface area contributed by atoms with Gasteiger partial charge >= 0.3 is 26.0 Å². The van der Waals surface area contributed by atoms with Gasteiger partial charge in [0.2, 0.25) is 3.79 Å². The molecule has 1 heterocycles. The summed E-state index contributed by atoms with van der Waals surface area (Å²) in [5.41, 5.74) is 0.696. The zero-order chi connectivity index (χ0) is 54.7. The van der Waals surface area contributed by atoms with Crippen LogP contribution >= 0.6 is 42.6 Å². The van der Waals surface area contributed by atoms with Crippen molar-refractivity contribution >= 4 is 60.8 Å². The van der Waals surface area contributed by atoms with Gasteiger partial charge in [-0.25, -0.2) is 14.2 Å². The van der Waals surface area contributed by atoms with Crippen LogP contribution in [-0.2, 0) is 48.9 Å². The summed E-state index contributed by atoms with van der Waals surface area (Å²) in [4.78, 5) is 39.9. The second kappa shape index (κ2) is 37.9. The number of aliphatic hydroxyl groups excluding tert-OH is 1. The fraction of sp³-hybridized carbons (Fsp3) is 0.632. The van der Waals surface area contributed by atoms with Crippen LogP contribution in [0.25, 0.3) is 0 Å². The summed E-state index contributed by atoms with van der Waals surface area (Å²) in [7, 11) is -4.83. The lowest BCUT2D eigenvalue weighted by atomic mass is 9.96. The molecule has 1 unspecified atom stereocenters. The second-order valence-electron chi connectivity index (χ2n) is 19.2. The van der Waals surface area contributed by atoms with Crippen LogP contribution in [0, 0.1) is 0 Å². The third kappa shape index (κ3) is 28.2. The minimum atomic E-state index is -4.83. The lowest BCUT2D eigenvalue weighted by molar-refractivity contribution is -0.258. The van der Waals surface area contributed by atoms with Crippen molar-refractivity contribution in [1.29, 1.82) is 0 Å². The summed E-state index contributed by atoms with van der Waals surface area (Å²) < 4.78 is 66.3. The Hall–Kier alpha value is -3.79. The highest BCUT2D eigenvalue weighted by Gasteiger charge is 2.52. The average molecular weight is 1140 g/mol. The molecular weight excluding hydrogens is 1060 g/mol. The minimum absolute atomic E-state index is 0.104. The molecule has 1 aliphatic heterocycles. The van der Waals surface area contributed by atoms with Crippen molar-refractivity contribution in [3.63, 3.8) is 0 Å². The van der Waals surface area contributed by atoms with Crippen molar-refractivity contribution in [3.8, 4) is 11.5 Å². The van der Waals surface area contributed by atoms with Crippen molar-refractivity contribution in [2.24, 2.45) is 0 Å². The number of carbonyl (C=O) groups is 3. The number of hydrogen-bond donors (Lipinski definition) is 2. The van der Waals surface area contributed by atoms with Gasteiger partial charge < -0.3 is 47.9 Å². The first kappa shape index (κ1) is 64.7. The zero-order valence-corrected chi connectivity index (χ0v) is 47.7. The number of nitrogens with one attached hydrogen (secondary N) is 1. The van der Waals surface area contributed by atoms with E-state index in [-0.39, 0.29) is 43.5 Å². The topological polar surface area (TPSA) is 184 Å². The molecule has 2 N–H and O–H groups in total. The van der Waals surface area contributed by atoms with E-state index >= 15 is 4.57 Å². The van der Waals surface area contributed by atoms with E-state index < -0.39 is 73.8 Å². The molecule has 0 bridgehead atoms. The molecule has 1 fully saturated rings. The average Bonchev–Trinajstić information content (AvgIpc) is 3.40. The van der Waals surface area contributed by atoms with Crippen LogP contribution in [0.1, 0.15) is 167 Å². The van der Waals surface area contributed by atoms with Crippen LogP contribution < -0.4 is 14.4 Å². The van der Waals surface area contributed by atoms with Crippen LogP contribution in [-0.4, -0.2) is 83.7 Å². The van der Waals surface area contributed by atoms with E-state index in [0.717, 1.165) is 51.4 Å². The molecule has 0 saturated carbocycles.